The maximum absolute atomic E-state index is 13.8. The number of halogens is 1. The third-order valence-corrected chi connectivity index (χ3v) is 5.30. The minimum atomic E-state index is -0.955. The molecule has 1 aliphatic heterocycles. The van der Waals surface area contributed by atoms with Crippen LogP contribution in [0.15, 0.2) is 29.6 Å². The number of carbonyl (C=O) groups excluding carboxylic acids is 1. The van der Waals surface area contributed by atoms with Crippen LogP contribution in [-0.4, -0.2) is 52.7 Å². The van der Waals surface area contributed by atoms with Crippen molar-refractivity contribution in [1.29, 1.82) is 0 Å². The van der Waals surface area contributed by atoms with Crippen LogP contribution in [0.5, 0.6) is 0 Å². The van der Waals surface area contributed by atoms with Crippen molar-refractivity contribution < 1.29 is 23.8 Å². The number of carboxylic acid groups (broad SMARTS) is 1. The van der Waals surface area contributed by atoms with Gasteiger partial charge in [0.25, 0.3) is 5.91 Å². The van der Waals surface area contributed by atoms with Crippen molar-refractivity contribution in [2.75, 3.05) is 13.7 Å². The molecule has 0 aliphatic carbocycles. The van der Waals surface area contributed by atoms with E-state index in [1.807, 2.05) is 0 Å². The highest BCUT2D eigenvalue weighted by Crippen LogP contribution is 2.26. The van der Waals surface area contributed by atoms with Crippen LogP contribution in [0.3, 0.4) is 0 Å². The van der Waals surface area contributed by atoms with Crippen LogP contribution >= 0.6 is 11.3 Å². The number of ether oxygens (including phenoxy) is 1. The van der Waals surface area contributed by atoms with E-state index in [4.69, 9.17) is 9.84 Å². The van der Waals surface area contributed by atoms with Gasteiger partial charge in [-0.1, -0.05) is 18.2 Å². The number of hydrogen-bond acceptors (Lipinski definition) is 5. The molecule has 0 bridgehead atoms. The first-order valence-corrected chi connectivity index (χ1v) is 9.09. The summed E-state index contributed by atoms with van der Waals surface area (Å²) in [5.41, 5.74) is 0.777. The second kappa shape index (κ2) is 7.92. The quantitative estimate of drug-likeness (QED) is 0.836. The third kappa shape index (κ3) is 4.08. The van der Waals surface area contributed by atoms with Crippen molar-refractivity contribution in [2.45, 2.75) is 31.4 Å². The number of rotatable bonds is 6. The van der Waals surface area contributed by atoms with Crippen LogP contribution in [0.4, 0.5) is 4.39 Å². The fourth-order valence-electron chi connectivity index (χ4n) is 3.13. The first-order valence-electron chi connectivity index (χ1n) is 8.21. The highest BCUT2D eigenvalue weighted by atomic mass is 32.1. The van der Waals surface area contributed by atoms with Crippen molar-refractivity contribution in [1.82, 2.24) is 9.88 Å². The Morgan fingerprint density at radius 1 is 1.42 bits per heavy atom. The largest absolute Gasteiger partial charge is 0.481 e. The van der Waals surface area contributed by atoms with Crippen molar-refractivity contribution in [3.63, 3.8) is 0 Å². The highest BCUT2D eigenvalue weighted by Gasteiger charge is 2.37. The number of hydrogen-bond donors (Lipinski definition) is 1. The van der Waals surface area contributed by atoms with Gasteiger partial charge in [0.1, 0.15) is 11.5 Å². The molecule has 1 aromatic heterocycles. The van der Waals surface area contributed by atoms with E-state index in [-0.39, 0.29) is 29.9 Å². The zero-order valence-corrected chi connectivity index (χ0v) is 15.0. The Morgan fingerprint density at radius 2 is 2.19 bits per heavy atom. The van der Waals surface area contributed by atoms with E-state index in [1.165, 1.54) is 22.3 Å². The predicted molar refractivity (Wildman–Crippen MR) is 93.8 cm³/mol. The molecule has 1 aliphatic rings. The third-order valence-electron chi connectivity index (χ3n) is 4.45. The number of benzene rings is 1. The maximum Gasteiger partial charge on any atom is 0.305 e. The van der Waals surface area contributed by atoms with Crippen LogP contribution < -0.4 is 0 Å². The summed E-state index contributed by atoms with van der Waals surface area (Å²) in [7, 11) is 1.55. The smallest absolute Gasteiger partial charge is 0.305 e. The number of aliphatic carboxylic acids is 1. The Bertz CT molecular complexity index is 810. The molecular formula is C18H19FN2O4S. The van der Waals surface area contributed by atoms with Crippen molar-refractivity contribution >= 4 is 23.2 Å². The zero-order valence-electron chi connectivity index (χ0n) is 14.2. The van der Waals surface area contributed by atoms with Crippen molar-refractivity contribution in [3.8, 4) is 0 Å². The molecule has 2 aromatic rings. The van der Waals surface area contributed by atoms with Gasteiger partial charge < -0.3 is 14.7 Å². The van der Waals surface area contributed by atoms with Gasteiger partial charge >= 0.3 is 5.97 Å². The summed E-state index contributed by atoms with van der Waals surface area (Å²) >= 11 is 1.29. The van der Waals surface area contributed by atoms with E-state index in [1.54, 1.807) is 30.7 Å². The van der Waals surface area contributed by atoms with Crippen LogP contribution in [0.25, 0.3) is 0 Å². The minimum absolute atomic E-state index is 0.127. The molecule has 6 nitrogen and oxygen atoms in total. The number of nitrogens with zero attached hydrogens (tertiary/aromatic N) is 2. The standard InChI is InChI=1S/C18H19FN2O4S/c1-25-13-7-12(8-17(22)23)21(9-13)18(24)15-10-26-16(20-15)6-11-4-2-3-5-14(11)19/h2-5,10,12-13H,6-9H2,1H3,(H,22,23). The second-order valence-electron chi connectivity index (χ2n) is 6.20. The first-order chi connectivity index (χ1) is 12.5. The average molecular weight is 378 g/mol. The van der Waals surface area contributed by atoms with Crippen LogP contribution in [0, 0.1) is 5.82 Å². The van der Waals surface area contributed by atoms with Crippen LogP contribution in [-0.2, 0) is 16.0 Å². The monoisotopic (exact) mass is 378 g/mol. The second-order valence-corrected chi connectivity index (χ2v) is 7.14. The average Bonchev–Trinajstić information content (AvgIpc) is 3.23. The fourth-order valence-corrected chi connectivity index (χ4v) is 3.92. The van der Waals surface area contributed by atoms with Crippen LogP contribution in [0.2, 0.25) is 0 Å². The molecule has 1 aromatic carbocycles. The number of methoxy groups -OCH3 is 1. The Kier molecular flexibility index (Phi) is 5.63. The SMILES string of the molecule is COC1CC(CC(=O)O)N(C(=O)c2csc(Cc3ccccc3F)n2)C1. The molecule has 0 saturated carbocycles. The molecule has 1 fully saturated rings. The molecule has 1 amide bonds. The van der Waals surface area contributed by atoms with Crippen molar-refractivity contribution in [2.24, 2.45) is 0 Å². The molecule has 26 heavy (non-hydrogen) atoms. The molecule has 3 rings (SSSR count). The summed E-state index contributed by atoms with van der Waals surface area (Å²) in [6.07, 6.45) is 0.488. The van der Waals surface area contributed by atoms with E-state index >= 15 is 0 Å². The topological polar surface area (TPSA) is 79.7 Å². The molecule has 0 spiro atoms. The molecule has 1 saturated heterocycles. The number of aromatic nitrogens is 1. The van der Waals surface area contributed by atoms with Gasteiger partial charge in [0.05, 0.1) is 17.5 Å². The normalized spacial score (nSPS) is 19.7. The lowest BCUT2D eigenvalue weighted by molar-refractivity contribution is -0.138. The van der Waals surface area contributed by atoms with Gasteiger partial charge in [-0.25, -0.2) is 9.37 Å². The van der Waals surface area contributed by atoms with Gasteiger partial charge in [-0.15, -0.1) is 11.3 Å². The number of likely N-dealkylation sites (tertiary alicyclic amines) is 1. The van der Waals surface area contributed by atoms with E-state index < -0.39 is 12.0 Å². The van der Waals surface area contributed by atoms with Gasteiger partial charge in [0.15, 0.2) is 0 Å². The predicted octanol–water partition coefficient (Wildman–Crippen LogP) is 2.58. The Labute approximate surface area is 154 Å². The minimum Gasteiger partial charge on any atom is -0.481 e. The maximum atomic E-state index is 13.8. The summed E-state index contributed by atoms with van der Waals surface area (Å²) < 4.78 is 19.1. The van der Waals surface area contributed by atoms with Gasteiger partial charge in [-0.05, 0) is 18.1 Å². The summed E-state index contributed by atoms with van der Waals surface area (Å²) in [6.45, 7) is 0.341. The zero-order chi connectivity index (χ0) is 18.7. The molecule has 2 unspecified atom stereocenters. The van der Waals surface area contributed by atoms with E-state index in [0.29, 0.717) is 30.0 Å². The molecule has 0 radical (unpaired) electrons. The lowest BCUT2D eigenvalue weighted by Gasteiger charge is -2.22. The number of carbonyl (C=O) groups is 2. The lowest BCUT2D eigenvalue weighted by atomic mass is 10.1. The van der Waals surface area contributed by atoms with E-state index in [2.05, 4.69) is 4.98 Å². The first kappa shape index (κ1) is 18.5. The van der Waals surface area contributed by atoms with Gasteiger partial charge in [-0.2, -0.15) is 0 Å². The highest BCUT2D eigenvalue weighted by molar-refractivity contribution is 7.09. The fraction of sp³-hybridized carbons (Fsp3) is 0.389. The molecular weight excluding hydrogens is 359 g/mol. The van der Waals surface area contributed by atoms with Crippen LogP contribution in [0.1, 0.15) is 33.9 Å². The summed E-state index contributed by atoms with van der Waals surface area (Å²) in [5.74, 6) is -1.57. The molecule has 138 valence electrons. The van der Waals surface area contributed by atoms with E-state index in [9.17, 15) is 14.0 Å². The summed E-state index contributed by atoms with van der Waals surface area (Å²) in [5, 5.41) is 11.3. The Balaban J connectivity index is 1.74. The lowest BCUT2D eigenvalue weighted by Crippen LogP contribution is -2.37. The molecule has 1 N–H and O–H groups in total. The van der Waals surface area contributed by atoms with Gasteiger partial charge in [0, 0.05) is 31.5 Å². The summed E-state index contributed by atoms with van der Waals surface area (Å²) in [6, 6.07) is 6.04. The van der Waals surface area contributed by atoms with E-state index in [0.717, 1.165) is 0 Å². The molecule has 8 heteroatoms. The summed E-state index contributed by atoms with van der Waals surface area (Å²) in [4.78, 5) is 29.7. The Morgan fingerprint density at radius 3 is 2.88 bits per heavy atom. The number of carboxylic acids is 1. The molecule has 2 heterocycles. The Hall–Kier alpha value is -2.32. The number of amides is 1. The molecule has 2 atom stereocenters. The van der Waals surface area contributed by atoms with Crippen molar-refractivity contribution in [3.05, 3.63) is 51.7 Å². The number of thiazole rings is 1. The van der Waals surface area contributed by atoms with Gasteiger partial charge in [0.2, 0.25) is 0 Å². The van der Waals surface area contributed by atoms with Gasteiger partial charge in [-0.3, -0.25) is 9.59 Å².